The fourth-order valence-electron chi connectivity index (χ4n) is 3.54. The van der Waals surface area contributed by atoms with Crippen molar-refractivity contribution in [3.63, 3.8) is 0 Å². The topological polar surface area (TPSA) is 43.4 Å². The summed E-state index contributed by atoms with van der Waals surface area (Å²) in [6, 6.07) is 29.0. The SMILES string of the molecule is CCC(C(C)=O)C(=O)OC(c1ccccc1)(c1ccccc1)c1ccccc1. The minimum Gasteiger partial charge on any atom is -0.444 e. The lowest BCUT2D eigenvalue weighted by molar-refractivity contribution is -0.160. The maximum atomic E-state index is 13.1. The second-order valence-corrected chi connectivity index (χ2v) is 6.77. The Balaban J connectivity index is 2.25. The van der Waals surface area contributed by atoms with Gasteiger partial charge in [0.15, 0.2) is 5.60 Å². The normalized spacial score (nSPS) is 12.2. The molecule has 0 spiro atoms. The number of carbonyl (C=O) groups excluding carboxylic acids is 2. The summed E-state index contributed by atoms with van der Waals surface area (Å²) in [7, 11) is 0. The standard InChI is InChI=1S/C25H24O3/c1-3-23(19(2)26)24(27)28-25(20-13-7-4-8-14-20,21-15-9-5-10-16-21)22-17-11-6-12-18-22/h4-18,23H,3H2,1-2H3. The zero-order chi connectivity index (χ0) is 20.0. The van der Waals surface area contributed by atoms with Gasteiger partial charge < -0.3 is 4.74 Å². The first-order valence-electron chi connectivity index (χ1n) is 9.49. The Morgan fingerprint density at radius 2 is 1.11 bits per heavy atom. The average molecular weight is 372 g/mol. The van der Waals surface area contributed by atoms with Gasteiger partial charge in [0.25, 0.3) is 0 Å². The van der Waals surface area contributed by atoms with Crippen LogP contribution in [-0.2, 0) is 19.9 Å². The monoisotopic (exact) mass is 372 g/mol. The summed E-state index contributed by atoms with van der Waals surface area (Å²) in [4.78, 5) is 25.1. The van der Waals surface area contributed by atoms with Crippen LogP contribution in [0.15, 0.2) is 91.0 Å². The molecule has 0 heterocycles. The molecule has 3 aromatic carbocycles. The molecule has 0 fully saturated rings. The van der Waals surface area contributed by atoms with Crippen molar-refractivity contribution in [1.29, 1.82) is 0 Å². The van der Waals surface area contributed by atoms with Crippen molar-refractivity contribution in [2.75, 3.05) is 0 Å². The Bertz CT molecular complexity index is 821. The smallest absolute Gasteiger partial charge is 0.318 e. The van der Waals surface area contributed by atoms with Crippen LogP contribution in [0.5, 0.6) is 0 Å². The van der Waals surface area contributed by atoms with Gasteiger partial charge in [-0.15, -0.1) is 0 Å². The van der Waals surface area contributed by atoms with Crippen molar-refractivity contribution in [2.24, 2.45) is 5.92 Å². The number of benzene rings is 3. The van der Waals surface area contributed by atoms with E-state index in [0.29, 0.717) is 6.42 Å². The molecule has 0 aliphatic rings. The van der Waals surface area contributed by atoms with Gasteiger partial charge in [-0.25, -0.2) is 0 Å². The first kappa shape index (κ1) is 19.6. The lowest BCUT2D eigenvalue weighted by Gasteiger charge is -2.36. The van der Waals surface area contributed by atoms with Gasteiger partial charge in [0.2, 0.25) is 0 Å². The largest absolute Gasteiger partial charge is 0.444 e. The highest BCUT2D eigenvalue weighted by atomic mass is 16.6. The summed E-state index contributed by atoms with van der Waals surface area (Å²) in [5.41, 5.74) is 1.36. The van der Waals surface area contributed by atoms with Crippen molar-refractivity contribution in [1.82, 2.24) is 0 Å². The van der Waals surface area contributed by atoms with E-state index in [1.54, 1.807) is 0 Å². The number of rotatable bonds is 7. The third-order valence-corrected chi connectivity index (χ3v) is 4.98. The van der Waals surface area contributed by atoms with E-state index in [4.69, 9.17) is 4.74 Å². The van der Waals surface area contributed by atoms with E-state index in [2.05, 4.69) is 0 Å². The number of ketones is 1. The minimum atomic E-state index is -1.14. The van der Waals surface area contributed by atoms with Crippen LogP contribution in [-0.4, -0.2) is 11.8 Å². The minimum absolute atomic E-state index is 0.185. The van der Waals surface area contributed by atoms with Crippen LogP contribution in [0.3, 0.4) is 0 Å². The van der Waals surface area contributed by atoms with Crippen molar-refractivity contribution >= 4 is 11.8 Å². The number of hydrogen-bond donors (Lipinski definition) is 0. The van der Waals surface area contributed by atoms with Gasteiger partial charge >= 0.3 is 5.97 Å². The van der Waals surface area contributed by atoms with Gasteiger partial charge in [-0.2, -0.15) is 0 Å². The predicted molar refractivity (Wildman–Crippen MR) is 110 cm³/mol. The number of Topliss-reactive ketones (excluding diaryl/α,β-unsaturated/α-hetero) is 1. The molecule has 3 heteroatoms. The number of hydrogen-bond acceptors (Lipinski definition) is 3. The summed E-state index contributed by atoms with van der Waals surface area (Å²) in [6.45, 7) is 3.26. The Morgan fingerprint density at radius 1 is 0.750 bits per heavy atom. The molecule has 0 radical (unpaired) electrons. The number of carbonyl (C=O) groups is 2. The van der Waals surface area contributed by atoms with Crippen LogP contribution >= 0.6 is 0 Å². The lowest BCUT2D eigenvalue weighted by Crippen LogP contribution is -2.38. The zero-order valence-electron chi connectivity index (χ0n) is 16.2. The highest BCUT2D eigenvalue weighted by Crippen LogP contribution is 2.41. The summed E-state index contributed by atoms with van der Waals surface area (Å²) in [6.07, 6.45) is 0.405. The summed E-state index contributed by atoms with van der Waals surface area (Å²) in [5, 5.41) is 0. The van der Waals surface area contributed by atoms with Gasteiger partial charge in [0, 0.05) is 16.7 Å². The molecule has 142 valence electrons. The molecule has 3 rings (SSSR count). The third-order valence-electron chi connectivity index (χ3n) is 4.98. The van der Waals surface area contributed by atoms with E-state index in [9.17, 15) is 9.59 Å². The van der Waals surface area contributed by atoms with Gasteiger partial charge in [-0.1, -0.05) is 97.9 Å². The molecule has 0 bridgehead atoms. The van der Waals surface area contributed by atoms with Crippen molar-refractivity contribution < 1.29 is 14.3 Å². The molecular weight excluding hydrogens is 348 g/mol. The summed E-state index contributed by atoms with van der Waals surface area (Å²) in [5.74, 6) is -1.47. The highest BCUT2D eigenvalue weighted by Gasteiger charge is 2.42. The van der Waals surface area contributed by atoms with Crippen molar-refractivity contribution in [3.05, 3.63) is 108 Å². The fourth-order valence-corrected chi connectivity index (χ4v) is 3.54. The molecule has 0 N–H and O–H groups in total. The van der Waals surface area contributed by atoms with Gasteiger partial charge in [0.05, 0.1) is 0 Å². The molecule has 1 atom stereocenters. The Hall–Kier alpha value is -3.20. The van der Waals surface area contributed by atoms with Crippen LogP contribution in [0, 0.1) is 5.92 Å². The van der Waals surface area contributed by atoms with Gasteiger partial charge in [-0.05, 0) is 13.3 Å². The van der Waals surface area contributed by atoms with Crippen LogP contribution < -0.4 is 0 Å². The second kappa shape index (κ2) is 8.66. The van der Waals surface area contributed by atoms with E-state index in [1.165, 1.54) is 6.92 Å². The Kier molecular flexibility index (Phi) is 6.05. The van der Waals surface area contributed by atoms with E-state index in [0.717, 1.165) is 16.7 Å². The molecule has 3 nitrogen and oxygen atoms in total. The van der Waals surface area contributed by atoms with Crippen molar-refractivity contribution in [2.45, 2.75) is 25.9 Å². The molecule has 0 saturated carbocycles. The first-order valence-corrected chi connectivity index (χ1v) is 9.49. The number of ether oxygens (including phenoxy) is 1. The highest BCUT2D eigenvalue weighted by molar-refractivity contribution is 5.98. The summed E-state index contributed by atoms with van der Waals surface area (Å²) >= 11 is 0. The van der Waals surface area contributed by atoms with Gasteiger partial charge in [-0.3, -0.25) is 9.59 Å². The van der Waals surface area contributed by atoms with E-state index in [1.807, 2.05) is 97.9 Å². The maximum absolute atomic E-state index is 13.1. The maximum Gasteiger partial charge on any atom is 0.318 e. The average Bonchev–Trinajstić information content (AvgIpc) is 2.74. The molecule has 3 aromatic rings. The van der Waals surface area contributed by atoms with Crippen LogP contribution in [0.4, 0.5) is 0 Å². The molecule has 28 heavy (non-hydrogen) atoms. The predicted octanol–water partition coefficient (Wildman–Crippen LogP) is 5.14. The van der Waals surface area contributed by atoms with Crippen LogP contribution in [0.25, 0.3) is 0 Å². The fraction of sp³-hybridized carbons (Fsp3) is 0.200. The first-order chi connectivity index (χ1) is 13.6. The van der Waals surface area contributed by atoms with Gasteiger partial charge in [0.1, 0.15) is 11.7 Å². The second-order valence-electron chi connectivity index (χ2n) is 6.77. The van der Waals surface area contributed by atoms with E-state index in [-0.39, 0.29) is 5.78 Å². The Labute approximate surface area is 166 Å². The Morgan fingerprint density at radius 3 is 1.39 bits per heavy atom. The molecule has 0 aromatic heterocycles. The third kappa shape index (κ3) is 3.74. The quantitative estimate of drug-likeness (QED) is 0.328. The molecule has 0 saturated heterocycles. The van der Waals surface area contributed by atoms with Crippen LogP contribution in [0.2, 0.25) is 0 Å². The molecule has 0 aliphatic heterocycles. The zero-order valence-corrected chi connectivity index (χ0v) is 16.2. The molecular formula is C25H24O3. The van der Waals surface area contributed by atoms with Crippen LogP contribution in [0.1, 0.15) is 37.0 Å². The summed E-state index contributed by atoms with van der Waals surface area (Å²) < 4.78 is 6.25. The molecule has 0 aliphatic carbocycles. The van der Waals surface area contributed by atoms with Crippen molar-refractivity contribution in [3.8, 4) is 0 Å². The van der Waals surface area contributed by atoms with E-state index >= 15 is 0 Å². The molecule has 1 unspecified atom stereocenters. The number of esters is 1. The molecule has 0 amide bonds. The van der Waals surface area contributed by atoms with E-state index < -0.39 is 17.5 Å². The lowest BCUT2D eigenvalue weighted by atomic mass is 9.80.